The van der Waals surface area contributed by atoms with Gasteiger partial charge in [-0.1, -0.05) is 29.3 Å². The van der Waals surface area contributed by atoms with Crippen LogP contribution in [0.5, 0.6) is 5.75 Å². The second-order valence-corrected chi connectivity index (χ2v) is 7.78. The Morgan fingerprint density at radius 2 is 1.81 bits per heavy atom. The first-order valence-corrected chi connectivity index (χ1v) is 10.6. The number of likely N-dealkylation sites (tertiary alicyclic amines) is 1. The van der Waals surface area contributed by atoms with Crippen LogP contribution in [0.4, 0.5) is 0 Å². The number of benzene rings is 2. The first-order valence-electron chi connectivity index (χ1n) is 9.84. The normalized spacial score (nSPS) is 17.9. The predicted octanol–water partition coefficient (Wildman–Crippen LogP) is 4.85. The number of hydrogen-bond donors (Lipinski definition) is 1. The lowest BCUT2D eigenvalue weighted by molar-refractivity contribution is -0.140. The average molecular weight is 464 g/mol. The van der Waals surface area contributed by atoms with Crippen molar-refractivity contribution in [3.63, 3.8) is 0 Å². The number of hydrogen-bond acceptors (Lipinski definition) is 5. The molecule has 0 radical (unpaired) electrons. The molecule has 1 unspecified atom stereocenters. The van der Waals surface area contributed by atoms with Crippen LogP contribution in [0.3, 0.4) is 0 Å². The van der Waals surface area contributed by atoms with Crippen LogP contribution in [0.1, 0.15) is 30.5 Å². The van der Waals surface area contributed by atoms with E-state index in [1.54, 1.807) is 49.6 Å². The molecule has 3 rings (SSSR count). The van der Waals surface area contributed by atoms with Gasteiger partial charge in [-0.05, 0) is 55.3 Å². The van der Waals surface area contributed by atoms with Gasteiger partial charge in [0.15, 0.2) is 0 Å². The monoisotopic (exact) mass is 463 g/mol. The molecule has 2 aromatic carbocycles. The maximum Gasteiger partial charge on any atom is 0.295 e. The van der Waals surface area contributed by atoms with E-state index in [0.29, 0.717) is 46.6 Å². The minimum absolute atomic E-state index is 0.00460. The molecule has 1 aliphatic heterocycles. The van der Waals surface area contributed by atoms with Crippen molar-refractivity contribution in [1.82, 2.24) is 4.90 Å². The highest BCUT2D eigenvalue weighted by Gasteiger charge is 2.45. The molecule has 1 fully saturated rings. The summed E-state index contributed by atoms with van der Waals surface area (Å²) < 4.78 is 10.5. The summed E-state index contributed by atoms with van der Waals surface area (Å²) in [4.78, 5) is 27.2. The largest absolute Gasteiger partial charge is 0.507 e. The van der Waals surface area contributed by atoms with Gasteiger partial charge in [0, 0.05) is 25.8 Å². The van der Waals surface area contributed by atoms with Crippen molar-refractivity contribution < 1.29 is 24.2 Å². The lowest BCUT2D eigenvalue weighted by Gasteiger charge is -2.25. The number of carbonyl (C=O) groups excluding carboxylic acids is 2. The van der Waals surface area contributed by atoms with Crippen LogP contribution >= 0.6 is 23.2 Å². The summed E-state index contributed by atoms with van der Waals surface area (Å²) in [6.07, 6.45) is 0.532. The van der Waals surface area contributed by atoms with Crippen LogP contribution < -0.4 is 4.74 Å². The van der Waals surface area contributed by atoms with Crippen molar-refractivity contribution >= 4 is 40.7 Å². The maximum absolute atomic E-state index is 12.9. The predicted molar refractivity (Wildman–Crippen MR) is 120 cm³/mol. The smallest absolute Gasteiger partial charge is 0.295 e. The fraction of sp³-hybridized carbons (Fsp3) is 0.304. The van der Waals surface area contributed by atoms with Crippen molar-refractivity contribution in [3.8, 4) is 5.75 Å². The molecule has 0 aromatic heterocycles. The molecule has 1 aliphatic rings. The van der Waals surface area contributed by atoms with Crippen molar-refractivity contribution in [1.29, 1.82) is 0 Å². The topological polar surface area (TPSA) is 76.1 Å². The van der Waals surface area contributed by atoms with E-state index < -0.39 is 17.7 Å². The van der Waals surface area contributed by atoms with Gasteiger partial charge in [0.25, 0.3) is 11.7 Å². The average Bonchev–Trinajstić information content (AvgIpc) is 3.01. The third-order valence-electron chi connectivity index (χ3n) is 4.99. The van der Waals surface area contributed by atoms with E-state index in [-0.39, 0.29) is 17.9 Å². The van der Waals surface area contributed by atoms with E-state index in [4.69, 9.17) is 32.7 Å². The molecule has 1 heterocycles. The Morgan fingerprint density at radius 3 is 2.42 bits per heavy atom. The molecular weight excluding hydrogens is 441 g/mol. The number of nitrogens with zero attached hydrogens (tertiary/aromatic N) is 1. The van der Waals surface area contributed by atoms with Crippen LogP contribution in [0.2, 0.25) is 10.0 Å². The van der Waals surface area contributed by atoms with Crippen molar-refractivity contribution in [3.05, 3.63) is 69.2 Å². The van der Waals surface area contributed by atoms with E-state index in [2.05, 4.69) is 0 Å². The quantitative estimate of drug-likeness (QED) is 0.262. The van der Waals surface area contributed by atoms with Crippen molar-refractivity contribution in [2.24, 2.45) is 0 Å². The Morgan fingerprint density at radius 1 is 1.10 bits per heavy atom. The third-order valence-corrected chi connectivity index (χ3v) is 5.72. The zero-order chi connectivity index (χ0) is 22.5. The molecule has 0 bridgehead atoms. The Kier molecular flexibility index (Phi) is 7.59. The number of ketones is 1. The molecule has 31 heavy (non-hydrogen) atoms. The minimum atomic E-state index is -0.793. The lowest BCUT2D eigenvalue weighted by atomic mass is 9.95. The van der Waals surface area contributed by atoms with Crippen LogP contribution in [-0.4, -0.2) is 48.6 Å². The van der Waals surface area contributed by atoms with Gasteiger partial charge in [-0.3, -0.25) is 9.59 Å². The summed E-state index contributed by atoms with van der Waals surface area (Å²) in [5.41, 5.74) is 0.992. The van der Waals surface area contributed by atoms with Gasteiger partial charge in [-0.2, -0.15) is 0 Å². The third kappa shape index (κ3) is 4.87. The number of methoxy groups -OCH3 is 1. The summed E-state index contributed by atoms with van der Waals surface area (Å²) in [6.45, 7) is 3.09. The Balaban J connectivity index is 2.09. The fourth-order valence-corrected chi connectivity index (χ4v) is 3.86. The van der Waals surface area contributed by atoms with Crippen LogP contribution in [0.25, 0.3) is 5.76 Å². The van der Waals surface area contributed by atoms with Gasteiger partial charge in [0.1, 0.15) is 11.5 Å². The van der Waals surface area contributed by atoms with E-state index in [1.807, 2.05) is 6.92 Å². The molecule has 0 saturated carbocycles. The van der Waals surface area contributed by atoms with E-state index in [1.165, 1.54) is 4.90 Å². The van der Waals surface area contributed by atoms with Gasteiger partial charge in [-0.15, -0.1) is 0 Å². The number of amides is 1. The zero-order valence-corrected chi connectivity index (χ0v) is 18.7. The van der Waals surface area contributed by atoms with Crippen LogP contribution in [0.15, 0.2) is 48.0 Å². The van der Waals surface area contributed by atoms with Gasteiger partial charge in [-0.25, -0.2) is 0 Å². The highest BCUT2D eigenvalue weighted by Crippen LogP contribution is 2.41. The molecule has 0 spiro atoms. The molecule has 0 aliphatic carbocycles. The molecular formula is C23H23Cl2NO5. The van der Waals surface area contributed by atoms with Gasteiger partial charge in [0.05, 0.1) is 28.3 Å². The molecule has 164 valence electrons. The number of halogens is 2. The molecule has 8 heteroatoms. The van der Waals surface area contributed by atoms with Gasteiger partial charge in [0.2, 0.25) is 0 Å². The standard InChI is InChI=1S/C23H23Cl2NO5/c1-3-31-16-8-5-14(6-9-16)21(27)19-20(15-7-10-17(24)18(25)13-15)26(11-4-12-30-2)23(29)22(19)28/h5-10,13,20,27H,3-4,11-12H2,1-2H3/b21-19-. The van der Waals surface area contributed by atoms with Gasteiger partial charge >= 0.3 is 0 Å². The van der Waals surface area contributed by atoms with Crippen LogP contribution in [0, 0.1) is 0 Å². The fourth-order valence-electron chi connectivity index (χ4n) is 3.55. The Bertz CT molecular complexity index is 1000. The summed E-state index contributed by atoms with van der Waals surface area (Å²) >= 11 is 12.2. The first-order chi connectivity index (χ1) is 14.9. The summed E-state index contributed by atoms with van der Waals surface area (Å²) in [5, 5.41) is 11.7. The number of ether oxygens (including phenoxy) is 2. The highest BCUT2D eigenvalue weighted by molar-refractivity contribution is 6.46. The summed E-state index contributed by atoms with van der Waals surface area (Å²) in [5.74, 6) is -1.05. The molecule has 1 N–H and O–H groups in total. The zero-order valence-electron chi connectivity index (χ0n) is 17.2. The maximum atomic E-state index is 12.9. The first kappa shape index (κ1) is 23.1. The number of aliphatic hydroxyl groups excluding tert-OH is 1. The second kappa shape index (κ2) is 10.2. The Labute approximate surface area is 191 Å². The van der Waals surface area contributed by atoms with Crippen LogP contribution in [-0.2, 0) is 14.3 Å². The number of rotatable bonds is 8. The SMILES string of the molecule is CCOc1ccc(/C(O)=C2/C(=O)C(=O)N(CCCOC)C2c2ccc(Cl)c(Cl)c2)cc1. The minimum Gasteiger partial charge on any atom is -0.507 e. The van der Waals surface area contributed by atoms with E-state index >= 15 is 0 Å². The number of Topliss-reactive ketones (excluding diaryl/α,β-unsaturated/α-hetero) is 1. The van der Waals surface area contributed by atoms with Gasteiger partial charge < -0.3 is 19.5 Å². The second-order valence-electron chi connectivity index (χ2n) is 6.97. The lowest BCUT2D eigenvalue weighted by Crippen LogP contribution is -2.31. The van der Waals surface area contributed by atoms with E-state index in [0.717, 1.165) is 0 Å². The molecule has 6 nitrogen and oxygen atoms in total. The molecule has 1 saturated heterocycles. The molecule has 1 atom stereocenters. The summed E-state index contributed by atoms with van der Waals surface area (Å²) in [6, 6.07) is 10.8. The van der Waals surface area contributed by atoms with E-state index in [9.17, 15) is 14.7 Å². The summed E-state index contributed by atoms with van der Waals surface area (Å²) in [7, 11) is 1.57. The van der Waals surface area contributed by atoms with Crippen molar-refractivity contribution in [2.75, 3.05) is 26.9 Å². The highest BCUT2D eigenvalue weighted by atomic mass is 35.5. The molecule has 1 amide bonds. The number of carbonyl (C=O) groups is 2. The molecule has 2 aromatic rings. The van der Waals surface area contributed by atoms with Crippen molar-refractivity contribution in [2.45, 2.75) is 19.4 Å². The number of aliphatic hydroxyl groups is 1. The Hall–Kier alpha value is -2.54.